The van der Waals surface area contributed by atoms with Crippen LogP contribution in [-0.2, 0) is 22.4 Å². The van der Waals surface area contributed by atoms with E-state index in [1.807, 2.05) is 4.90 Å². The third-order valence-corrected chi connectivity index (χ3v) is 6.62. The lowest BCUT2D eigenvalue weighted by Crippen LogP contribution is -2.49. The molecule has 3 N–H and O–H groups in total. The Balaban J connectivity index is 1.42. The fourth-order valence-electron chi connectivity index (χ4n) is 3.62. The zero-order valence-corrected chi connectivity index (χ0v) is 19.0. The number of nitrogens with two attached hydrogens (primary N) is 1. The minimum absolute atomic E-state index is 0.112. The van der Waals surface area contributed by atoms with Crippen LogP contribution in [0.5, 0.6) is 0 Å². The van der Waals surface area contributed by atoms with E-state index in [-0.39, 0.29) is 33.5 Å². The van der Waals surface area contributed by atoms with Crippen molar-refractivity contribution in [3.8, 4) is 11.1 Å². The zero-order valence-electron chi connectivity index (χ0n) is 18.2. The number of aliphatic carboxylic acids is 1. The summed E-state index contributed by atoms with van der Waals surface area (Å²) in [6.45, 7) is 1.56. The highest BCUT2D eigenvalue weighted by molar-refractivity contribution is 7.14. The number of amidine groups is 1. The van der Waals surface area contributed by atoms with Gasteiger partial charge in [-0.25, -0.2) is 4.79 Å². The highest BCUT2D eigenvalue weighted by atomic mass is 32.1. The molecule has 4 rings (SSSR count). The molecule has 1 aliphatic rings. The first-order valence-corrected chi connectivity index (χ1v) is 11.3. The molecule has 1 aliphatic heterocycles. The van der Waals surface area contributed by atoms with Gasteiger partial charge in [0.05, 0.1) is 5.92 Å². The molecular formula is C24H20F3N3O4S. The molecule has 0 atom stereocenters. The van der Waals surface area contributed by atoms with Crippen molar-refractivity contribution in [1.82, 2.24) is 4.90 Å². The molecule has 3 aromatic rings. The molecule has 0 radical (unpaired) electrons. The number of carboxylic acid groups (broad SMARTS) is 1. The number of benzene rings is 2. The lowest BCUT2D eigenvalue weighted by atomic mass is 9.99. The van der Waals surface area contributed by atoms with Crippen molar-refractivity contribution in [2.24, 2.45) is 16.8 Å². The number of oxime groups is 1. The Hall–Kier alpha value is -3.70. The largest absolute Gasteiger partial charge is 0.481 e. The predicted octanol–water partition coefficient (Wildman–Crippen LogP) is 4.43. The van der Waals surface area contributed by atoms with Gasteiger partial charge >= 0.3 is 18.1 Å². The van der Waals surface area contributed by atoms with Crippen LogP contribution in [0.1, 0.15) is 25.7 Å². The maximum absolute atomic E-state index is 13.5. The zero-order chi connectivity index (χ0) is 25.2. The number of likely N-dealkylation sites (tertiary alicyclic amines) is 1. The summed E-state index contributed by atoms with van der Waals surface area (Å²) >= 11 is 0.283. The fourth-order valence-corrected chi connectivity index (χ4v) is 4.54. The topological polar surface area (TPSA) is 105 Å². The molecule has 2 aromatic carbocycles. The lowest BCUT2D eigenvalue weighted by molar-refractivity contribution is -0.147. The Morgan fingerprint density at radius 3 is 2.37 bits per heavy atom. The van der Waals surface area contributed by atoms with Gasteiger partial charge in [0.2, 0.25) is 0 Å². The van der Waals surface area contributed by atoms with Crippen LogP contribution in [-0.4, -0.2) is 40.9 Å². The van der Waals surface area contributed by atoms with Gasteiger partial charge in [-0.3, -0.25) is 9.69 Å². The molecule has 7 nitrogen and oxygen atoms in total. The molecule has 0 spiro atoms. The van der Waals surface area contributed by atoms with Gasteiger partial charge in [0, 0.05) is 30.8 Å². The smallest absolute Gasteiger partial charge is 0.426 e. The number of carbonyl (C=O) groups is 2. The van der Waals surface area contributed by atoms with Gasteiger partial charge in [0.15, 0.2) is 5.84 Å². The van der Waals surface area contributed by atoms with Crippen molar-refractivity contribution in [2.75, 3.05) is 13.1 Å². The van der Waals surface area contributed by atoms with E-state index < -0.39 is 23.0 Å². The summed E-state index contributed by atoms with van der Waals surface area (Å²) in [7, 11) is 0. The maximum Gasteiger partial charge on any atom is 0.426 e. The Morgan fingerprint density at radius 2 is 1.77 bits per heavy atom. The normalized spacial score (nSPS) is 15.0. The quantitative estimate of drug-likeness (QED) is 0.214. The first kappa shape index (κ1) is 24.4. The van der Waals surface area contributed by atoms with E-state index in [9.17, 15) is 22.8 Å². The van der Waals surface area contributed by atoms with Crippen molar-refractivity contribution < 1.29 is 32.7 Å². The van der Waals surface area contributed by atoms with Crippen LogP contribution in [0.3, 0.4) is 0 Å². The third kappa shape index (κ3) is 5.69. The van der Waals surface area contributed by atoms with Crippen LogP contribution >= 0.6 is 11.3 Å². The Morgan fingerprint density at radius 1 is 1.11 bits per heavy atom. The number of carbonyl (C=O) groups excluding carboxylic acids is 1. The molecule has 0 aliphatic carbocycles. The van der Waals surface area contributed by atoms with Gasteiger partial charge in [-0.05, 0) is 17.2 Å². The summed E-state index contributed by atoms with van der Waals surface area (Å²) in [5.41, 5.74) is 7.49. The Bertz CT molecular complexity index is 1250. The standard InChI is InChI=1S/C24H20F3N3O4S/c25-24(26,27)20-18(15-4-2-1-3-5-15)10-19(35-20)23(33)34-29-21(28)16-8-6-14(7-9-16)11-30-12-17(13-30)22(31)32/h1-10,17H,11-13H2,(H2,28,29)(H,31,32). The highest BCUT2D eigenvalue weighted by Crippen LogP contribution is 2.43. The average Bonchev–Trinajstić information content (AvgIpc) is 3.26. The van der Waals surface area contributed by atoms with Crippen LogP contribution in [0.25, 0.3) is 11.1 Å². The Kier molecular flexibility index (Phi) is 6.90. The van der Waals surface area contributed by atoms with E-state index in [1.54, 1.807) is 42.5 Å². The molecule has 182 valence electrons. The monoisotopic (exact) mass is 503 g/mol. The van der Waals surface area contributed by atoms with E-state index in [2.05, 4.69) is 5.16 Å². The number of carboxylic acids is 1. The maximum atomic E-state index is 13.5. The van der Waals surface area contributed by atoms with Crippen molar-refractivity contribution in [3.05, 3.63) is 81.5 Å². The van der Waals surface area contributed by atoms with Crippen molar-refractivity contribution in [2.45, 2.75) is 12.7 Å². The van der Waals surface area contributed by atoms with Crippen LogP contribution < -0.4 is 5.73 Å². The summed E-state index contributed by atoms with van der Waals surface area (Å²) < 4.78 is 40.6. The number of nitrogens with zero attached hydrogens (tertiary/aromatic N) is 2. The number of alkyl halides is 3. The van der Waals surface area contributed by atoms with Gasteiger partial charge in [-0.2, -0.15) is 13.2 Å². The van der Waals surface area contributed by atoms with E-state index >= 15 is 0 Å². The van der Waals surface area contributed by atoms with E-state index in [4.69, 9.17) is 15.7 Å². The van der Waals surface area contributed by atoms with E-state index in [0.29, 0.717) is 30.8 Å². The molecular weight excluding hydrogens is 483 g/mol. The van der Waals surface area contributed by atoms with Gasteiger partial charge < -0.3 is 15.7 Å². The minimum atomic E-state index is -4.64. The molecule has 35 heavy (non-hydrogen) atoms. The van der Waals surface area contributed by atoms with E-state index in [1.165, 1.54) is 12.1 Å². The number of halogens is 3. The second kappa shape index (κ2) is 9.88. The fraction of sp³-hybridized carbons (Fsp3) is 0.208. The summed E-state index contributed by atoms with van der Waals surface area (Å²) in [6.07, 6.45) is -4.64. The number of hydrogen-bond acceptors (Lipinski definition) is 6. The summed E-state index contributed by atoms with van der Waals surface area (Å²) in [4.78, 5) is 28.9. The molecule has 0 bridgehead atoms. The molecule has 0 unspecified atom stereocenters. The molecule has 0 amide bonds. The molecule has 1 fully saturated rings. The summed E-state index contributed by atoms with van der Waals surface area (Å²) in [5.74, 6) is -2.31. The highest BCUT2D eigenvalue weighted by Gasteiger charge is 2.37. The summed E-state index contributed by atoms with van der Waals surface area (Å²) in [6, 6.07) is 16.0. The number of thiophene rings is 1. The van der Waals surface area contributed by atoms with Crippen LogP contribution in [0, 0.1) is 5.92 Å². The number of hydrogen-bond donors (Lipinski definition) is 2. The SMILES string of the molecule is NC(=NOC(=O)c1cc(-c2ccccc2)c(C(F)(F)F)s1)c1ccc(CN2CC(C(=O)O)C2)cc1. The second-order valence-electron chi connectivity index (χ2n) is 8.00. The van der Waals surface area contributed by atoms with Crippen molar-refractivity contribution >= 4 is 29.1 Å². The molecule has 2 heterocycles. The van der Waals surface area contributed by atoms with E-state index in [0.717, 1.165) is 11.6 Å². The van der Waals surface area contributed by atoms with Crippen LogP contribution in [0.2, 0.25) is 0 Å². The summed E-state index contributed by atoms with van der Waals surface area (Å²) in [5, 5.41) is 12.5. The van der Waals surface area contributed by atoms with Gasteiger partial charge in [-0.15, -0.1) is 11.3 Å². The molecule has 1 saturated heterocycles. The average molecular weight is 504 g/mol. The van der Waals surface area contributed by atoms with Crippen LogP contribution in [0.4, 0.5) is 13.2 Å². The lowest BCUT2D eigenvalue weighted by Gasteiger charge is -2.36. The second-order valence-corrected chi connectivity index (χ2v) is 9.05. The predicted molar refractivity (Wildman–Crippen MR) is 124 cm³/mol. The van der Waals surface area contributed by atoms with Gasteiger partial charge in [0.1, 0.15) is 9.75 Å². The van der Waals surface area contributed by atoms with Gasteiger partial charge in [0.25, 0.3) is 0 Å². The minimum Gasteiger partial charge on any atom is -0.481 e. The molecule has 0 saturated carbocycles. The Labute approximate surface area is 202 Å². The number of rotatable bonds is 7. The van der Waals surface area contributed by atoms with Crippen molar-refractivity contribution in [1.29, 1.82) is 0 Å². The van der Waals surface area contributed by atoms with Crippen LogP contribution in [0.15, 0.2) is 65.8 Å². The first-order valence-electron chi connectivity index (χ1n) is 10.5. The third-order valence-electron chi connectivity index (χ3n) is 5.46. The van der Waals surface area contributed by atoms with Crippen molar-refractivity contribution in [3.63, 3.8) is 0 Å². The van der Waals surface area contributed by atoms with Gasteiger partial charge in [-0.1, -0.05) is 59.8 Å². The first-order chi connectivity index (χ1) is 16.6. The molecule has 1 aromatic heterocycles. The molecule has 11 heteroatoms.